The van der Waals surface area contributed by atoms with Gasteiger partial charge in [-0.2, -0.15) is 0 Å². The maximum atomic E-state index is 11.1. The van der Waals surface area contributed by atoms with Gasteiger partial charge in [0.15, 0.2) is 0 Å². The standard InChI is InChI=1S/C14H10Br2N2O4/c15-10-3-4-13(11(16)6-10)22-7-9-2-1-8(14(17)19)5-12(9)18(20)21/h1-6H,7H2,(H2,17,19). The van der Waals surface area contributed by atoms with E-state index < -0.39 is 10.8 Å². The van der Waals surface area contributed by atoms with Gasteiger partial charge >= 0.3 is 0 Å². The lowest BCUT2D eigenvalue weighted by Crippen LogP contribution is -2.12. The number of nitrogens with zero attached hydrogens (tertiary/aromatic N) is 1. The Hall–Kier alpha value is -1.93. The quantitative estimate of drug-likeness (QED) is 0.577. The van der Waals surface area contributed by atoms with E-state index in [0.29, 0.717) is 11.3 Å². The van der Waals surface area contributed by atoms with Crippen molar-refractivity contribution in [3.63, 3.8) is 0 Å². The summed E-state index contributed by atoms with van der Waals surface area (Å²) < 4.78 is 7.18. The monoisotopic (exact) mass is 428 g/mol. The number of benzene rings is 2. The van der Waals surface area contributed by atoms with Crippen molar-refractivity contribution < 1.29 is 14.5 Å². The summed E-state index contributed by atoms with van der Waals surface area (Å²) in [5.74, 6) is -0.164. The van der Waals surface area contributed by atoms with E-state index in [-0.39, 0.29) is 17.9 Å². The van der Waals surface area contributed by atoms with E-state index in [2.05, 4.69) is 31.9 Å². The van der Waals surface area contributed by atoms with Crippen LogP contribution in [0.1, 0.15) is 15.9 Å². The van der Waals surface area contributed by atoms with Crippen molar-refractivity contribution >= 4 is 43.5 Å². The molecule has 2 N–H and O–H groups in total. The third kappa shape index (κ3) is 3.83. The molecule has 0 saturated carbocycles. The predicted octanol–water partition coefficient (Wildman–Crippen LogP) is 3.80. The van der Waals surface area contributed by atoms with Gasteiger partial charge < -0.3 is 10.5 Å². The number of carbonyl (C=O) groups excluding carboxylic acids is 1. The molecular weight excluding hydrogens is 420 g/mol. The number of carbonyl (C=O) groups is 1. The second-order valence-corrected chi connectivity index (χ2v) is 6.10. The number of halogens is 2. The molecule has 114 valence electrons. The Labute approximate surface area is 142 Å². The molecule has 0 aliphatic heterocycles. The summed E-state index contributed by atoms with van der Waals surface area (Å²) in [6, 6.07) is 9.38. The van der Waals surface area contributed by atoms with Crippen LogP contribution in [0.15, 0.2) is 45.3 Å². The Balaban J connectivity index is 2.25. The smallest absolute Gasteiger partial charge is 0.276 e. The highest BCUT2D eigenvalue weighted by atomic mass is 79.9. The van der Waals surface area contributed by atoms with Gasteiger partial charge in [0, 0.05) is 16.1 Å². The van der Waals surface area contributed by atoms with Gasteiger partial charge in [-0.15, -0.1) is 0 Å². The fraction of sp³-hybridized carbons (Fsp3) is 0.0714. The van der Waals surface area contributed by atoms with Crippen LogP contribution in [0, 0.1) is 10.1 Å². The van der Waals surface area contributed by atoms with E-state index in [4.69, 9.17) is 10.5 Å². The van der Waals surface area contributed by atoms with Crippen LogP contribution in [-0.4, -0.2) is 10.8 Å². The molecule has 6 nitrogen and oxygen atoms in total. The summed E-state index contributed by atoms with van der Waals surface area (Å²) in [5, 5.41) is 11.1. The van der Waals surface area contributed by atoms with Crippen LogP contribution in [-0.2, 0) is 6.61 Å². The summed E-state index contributed by atoms with van der Waals surface area (Å²) in [6.07, 6.45) is 0. The molecule has 2 rings (SSSR count). The minimum Gasteiger partial charge on any atom is -0.487 e. The molecule has 0 aliphatic carbocycles. The summed E-state index contributed by atoms with van der Waals surface area (Å²) >= 11 is 6.67. The number of hydrogen-bond acceptors (Lipinski definition) is 4. The molecule has 0 saturated heterocycles. The molecule has 1 amide bonds. The number of hydrogen-bond donors (Lipinski definition) is 1. The van der Waals surface area contributed by atoms with Gasteiger partial charge in [-0.3, -0.25) is 14.9 Å². The number of ether oxygens (including phenoxy) is 1. The maximum Gasteiger partial charge on any atom is 0.276 e. The summed E-state index contributed by atoms with van der Waals surface area (Å²) in [6.45, 7) is -0.00438. The van der Waals surface area contributed by atoms with E-state index >= 15 is 0 Å². The topological polar surface area (TPSA) is 95.5 Å². The number of nitro benzene ring substituents is 1. The van der Waals surface area contributed by atoms with Crippen LogP contribution >= 0.6 is 31.9 Å². The number of nitrogens with two attached hydrogens (primary N) is 1. The lowest BCUT2D eigenvalue weighted by atomic mass is 10.1. The molecule has 0 unspecified atom stereocenters. The van der Waals surface area contributed by atoms with Crippen molar-refractivity contribution in [2.45, 2.75) is 6.61 Å². The molecule has 0 bridgehead atoms. The van der Waals surface area contributed by atoms with E-state index in [1.54, 1.807) is 18.2 Å². The van der Waals surface area contributed by atoms with Crippen LogP contribution in [0.5, 0.6) is 5.75 Å². The van der Waals surface area contributed by atoms with Crippen molar-refractivity contribution in [2.75, 3.05) is 0 Å². The number of primary amides is 1. The second kappa shape index (κ2) is 6.89. The molecule has 0 heterocycles. The minimum absolute atomic E-state index is 0.00438. The van der Waals surface area contributed by atoms with Crippen molar-refractivity contribution in [1.82, 2.24) is 0 Å². The van der Waals surface area contributed by atoms with Crippen molar-refractivity contribution in [3.8, 4) is 5.75 Å². The molecular formula is C14H10Br2N2O4. The average Bonchev–Trinajstić information content (AvgIpc) is 2.46. The Kier molecular flexibility index (Phi) is 5.15. The molecule has 0 atom stereocenters. The highest BCUT2D eigenvalue weighted by Gasteiger charge is 2.17. The lowest BCUT2D eigenvalue weighted by Gasteiger charge is -2.09. The molecule has 22 heavy (non-hydrogen) atoms. The van der Waals surface area contributed by atoms with E-state index in [9.17, 15) is 14.9 Å². The largest absolute Gasteiger partial charge is 0.487 e. The zero-order valence-electron chi connectivity index (χ0n) is 11.1. The highest BCUT2D eigenvalue weighted by molar-refractivity contribution is 9.11. The van der Waals surface area contributed by atoms with Gasteiger partial charge in [0.05, 0.1) is 15.0 Å². The predicted molar refractivity (Wildman–Crippen MR) is 87.8 cm³/mol. The van der Waals surface area contributed by atoms with Gasteiger partial charge in [0.1, 0.15) is 12.4 Å². The first kappa shape index (κ1) is 16.4. The fourth-order valence-electron chi connectivity index (χ4n) is 1.76. The van der Waals surface area contributed by atoms with Crippen LogP contribution in [0.3, 0.4) is 0 Å². The lowest BCUT2D eigenvalue weighted by molar-refractivity contribution is -0.385. The van der Waals surface area contributed by atoms with Crippen LogP contribution in [0.4, 0.5) is 5.69 Å². The zero-order valence-corrected chi connectivity index (χ0v) is 14.3. The molecule has 2 aromatic rings. The minimum atomic E-state index is -0.716. The van der Waals surface area contributed by atoms with Crippen molar-refractivity contribution in [1.29, 1.82) is 0 Å². The van der Waals surface area contributed by atoms with Crippen LogP contribution in [0.2, 0.25) is 0 Å². The highest BCUT2D eigenvalue weighted by Crippen LogP contribution is 2.30. The van der Waals surface area contributed by atoms with Crippen molar-refractivity contribution in [3.05, 3.63) is 66.6 Å². The Morgan fingerprint density at radius 2 is 1.95 bits per heavy atom. The molecule has 0 fully saturated rings. The fourth-order valence-corrected chi connectivity index (χ4v) is 2.92. The Morgan fingerprint density at radius 3 is 2.55 bits per heavy atom. The van der Waals surface area contributed by atoms with Gasteiger partial charge in [-0.1, -0.05) is 15.9 Å². The molecule has 0 radical (unpaired) electrons. The van der Waals surface area contributed by atoms with E-state index in [1.807, 2.05) is 0 Å². The molecule has 8 heteroatoms. The maximum absolute atomic E-state index is 11.1. The third-order valence-corrected chi connectivity index (χ3v) is 3.96. The van der Waals surface area contributed by atoms with Gasteiger partial charge in [0.25, 0.3) is 5.69 Å². The van der Waals surface area contributed by atoms with Gasteiger partial charge in [-0.25, -0.2) is 0 Å². The number of nitro groups is 1. The van der Waals surface area contributed by atoms with Gasteiger partial charge in [0.2, 0.25) is 5.91 Å². The number of rotatable bonds is 5. The SMILES string of the molecule is NC(=O)c1ccc(COc2ccc(Br)cc2Br)c([N+](=O)[O-])c1. The third-order valence-electron chi connectivity index (χ3n) is 2.84. The molecule has 2 aromatic carbocycles. The molecule has 0 aliphatic rings. The first-order valence-corrected chi connectivity index (χ1v) is 7.62. The van der Waals surface area contributed by atoms with Crippen LogP contribution < -0.4 is 10.5 Å². The molecule has 0 spiro atoms. The summed E-state index contributed by atoms with van der Waals surface area (Å²) in [4.78, 5) is 21.6. The zero-order chi connectivity index (χ0) is 16.3. The first-order chi connectivity index (χ1) is 10.4. The Bertz CT molecular complexity index is 750. The molecule has 0 aromatic heterocycles. The van der Waals surface area contributed by atoms with Crippen molar-refractivity contribution in [2.24, 2.45) is 5.73 Å². The van der Waals surface area contributed by atoms with E-state index in [1.165, 1.54) is 12.1 Å². The summed E-state index contributed by atoms with van der Waals surface area (Å²) in [5.41, 5.74) is 5.36. The van der Waals surface area contributed by atoms with Gasteiger partial charge in [-0.05, 0) is 46.3 Å². The normalized spacial score (nSPS) is 10.3. The van der Waals surface area contributed by atoms with E-state index in [0.717, 1.165) is 15.0 Å². The first-order valence-electron chi connectivity index (χ1n) is 6.03. The Morgan fingerprint density at radius 1 is 1.23 bits per heavy atom. The van der Waals surface area contributed by atoms with Crippen LogP contribution in [0.25, 0.3) is 0 Å². The summed E-state index contributed by atoms with van der Waals surface area (Å²) in [7, 11) is 0. The average molecular weight is 430 g/mol. The second-order valence-electron chi connectivity index (χ2n) is 4.33. The number of amides is 1.